The molecule has 2 aromatic carbocycles. The highest BCUT2D eigenvalue weighted by Gasteiger charge is 2.30. The zero-order valence-electron chi connectivity index (χ0n) is 14.9. The first kappa shape index (κ1) is 17.9. The molecule has 2 atom stereocenters. The topological polar surface area (TPSA) is 70.7 Å². The number of benzene rings is 2. The fraction of sp³-hybridized carbons (Fsp3) is 0.300. The smallest absolute Gasteiger partial charge is 0.266 e. The summed E-state index contributed by atoms with van der Waals surface area (Å²) < 4.78 is 5.70. The van der Waals surface area contributed by atoms with Gasteiger partial charge in [-0.15, -0.1) is 0 Å². The summed E-state index contributed by atoms with van der Waals surface area (Å²) in [5.41, 5.74) is 1.65. The number of carbonyl (C=O) groups is 2. The molecule has 2 aromatic rings. The molecule has 0 fully saturated rings. The maximum Gasteiger partial charge on any atom is 0.266 e. The Morgan fingerprint density at radius 3 is 2.58 bits per heavy atom. The molecule has 0 aliphatic carbocycles. The van der Waals surface area contributed by atoms with Crippen LogP contribution in [0.15, 0.2) is 54.6 Å². The molecular weight excluding hydrogens is 330 g/mol. The molecule has 6 heteroatoms. The molecule has 1 aliphatic rings. The van der Waals surface area contributed by atoms with Crippen molar-refractivity contribution in [3.05, 3.63) is 60.2 Å². The van der Waals surface area contributed by atoms with Gasteiger partial charge in [0.05, 0.1) is 18.2 Å². The van der Waals surface area contributed by atoms with Crippen LogP contribution < -0.4 is 15.4 Å². The van der Waals surface area contributed by atoms with Crippen molar-refractivity contribution >= 4 is 17.5 Å². The summed E-state index contributed by atoms with van der Waals surface area (Å²) in [4.78, 5) is 26.8. The van der Waals surface area contributed by atoms with Crippen LogP contribution in [0, 0.1) is 0 Å². The van der Waals surface area contributed by atoms with E-state index in [4.69, 9.17) is 4.74 Å². The van der Waals surface area contributed by atoms with Crippen molar-refractivity contribution in [3.63, 3.8) is 0 Å². The maximum atomic E-state index is 12.5. The molecular formula is C20H23N3O3. The lowest BCUT2D eigenvalue weighted by molar-refractivity contribution is -0.131. The fourth-order valence-corrected chi connectivity index (χ4v) is 2.93. The van der Waals surface area contributed by atoms with Crippen LogP contribution in [0.25, 0.3) is 0 Å². The number of carbonyl (C=O) groups excluding carboxylic acids is 2. The third kappa shape index (κ3) is 4.40. The summed E-state index contributed by atoms with van der Waals surface area (Å²) in [6.07, 6.45) is -0.864. The summed E-state index contributed by atoms with van der Waals surface area (Å²) in [5, 5.41) is 5.80. The lowest BCUT2D eigenvalue weighted by Gasteiger charge is -2.27. The van der Waals surface area contributed by atoms with Crippen LogP contribution in [-0.4, -0.2) is 43.5 Å². The highest BCUT2D eigenvalue weighted by Crippen LogP contribution is 2.29. The van der Waals surface area contributed by atoms with E-state index in [9.17, 15) is 9.59 Å². The molecule has 0 radical (unpaired) electrons. The summed E-state index contributed by atoms with van der Waals surface area (Å²) in [5.74, 6) is 0.0563. The summed E-state index contributed by atoms with van der Waals surface area (Å²) in [6, 6.07) is 16.8. The van der Waals surface area contributed by atoms with Crippen LogP contribution in [0.1, 0.15) is 18.0 Å². The van der Waals surface area contributed by atoms with Crippen molar-refractivity contribution in [2.75, 3.05) is 26.0 Å². The Bertz CT molecular complexity index is 777. The Morgan fingerprint density at radius 1 is 1.15 bits per heavy atom. The van der Waals surface area contributed by atoms with E-state index < -0.39 is 6.10 Å². The van der Waals surface area contributed by atoms with Gasteiger partial charge in [-0.05, 0) is 31.8 Å². The lowest BCUT2D eigenvalue weighted by atomic mass is 10.1. The number of amides is 2. The van der Waals surface area contributed by atoms with Gasteiger partial charge in [0.25, 0.3) is 5.91 Å². The Morgan fingerprint density at radius 2 is 1.85 bits per heavy atom. The minimum atomic E-state index is -0.833. The van der Waals surface area contributed by atoms with Crippen LogP contribution in [0.4, 0.5) is 5.69 Å². The molecule has 2 amide bonds. The zero-order chi connectivity index (χ0) is 18.5. The SMILES string of the molecule is CN(C)C[C@H](NC(=O)C[C@H]1Oc2ccccc2NC1=O)c1ccccc1. The third-order valence-corrected chi connectivity index (χ3v) is 4.16. The van der Waals surface area contributed by atoms with Gasteiger partial charge in [-0.2, -0.15) is 0 Å². The van der Waals surface area contributed by atoms with Gasteiger partial charge in [-0.1, -0.05) is 42.5 Å². The van der Waals surface area contributed by atoms with E-state index in [-0.39, 0.29) is 24.3 Å². The van der Waals surface area contributed by atoms with Gasteiger partial charge < -0.3 is 20.3 Å². The minimum absolute atomic E-state index is 0.0308. The molecule has 0 unspecified atom stereocenters. The molecule has 1 aliphatic heterocycles. The normalized spacial score (nSPS) is 17.0. The molecule has 26 heavy (non-hydrogen) atoms. The summed E-state index contributed by atoms with van der Waals surface area (Å²) in [7, 11) is 3.91. The van der Waals surface area contributed by atoms with Gasteiger partial charge in [0, 0.05) is 6.54 Å². The first-order valence-corrected chi connectivity index (χ1v) is 8.58. The monoisotopic (exact) mass is 353 g/mol. The van der Waals surface area contributed by atoms with Crippen molar-refractivity contribution in [1.29, 1.82) is 0 Å². The van der Waals surface area contributed by atoms with Crippen LogP contribution >= 0.6 is 0 Å². The summed E-state index contributed by atoms with van der Waals surface area (Å²) >= 11 is 0. The van der Waals surface area contributed by atoms with Gasteiger partial charge >= 0.3 is 0 Å². The van der Waals surface area contributed by atoms with E-state index in [1.54, 1.807) is 12.1 Å². The first-order chi connectivity index (χ1) is 12.5. The first-order valence-electron chi connectivity index (χ1n) is 8.58. The standard InChI is InChI=1S/C20H23N3O3/c1-23(2)13-16(14-8-4-3-5-9-14)21-19(24)12-18-20(25)22-15-10-6-7-11-17(15)26-18/h3-11,16,18H,12-13H2,1-2H3,(H,21,24)(H,22,25)/t16-,18+/m0/s1. The Balaban J connectivity index is 1.66. The number of likely N-dealkylation sites (N-methyl/N-ethyl adjacent to an activating group) is 1. The van der Waals surface area contributed by atoms with Gasteiger partial charge in [-0.25, -0.2) is 0 Å². The van der Waals surface area contributed by atoms with E-state index in [0.29, 0.717) is 18.0 Å². The molecule has 136 valence electrons. The highest BCUT2D eigenvalue weighted by molar-refractivity contribution is 5.99. The van der Waals surface area contributed by atoms with Crippen molar-refractivity contribution in [2.45, 2.75) is 18.6 Å². The summed E-state index contributed by atoms with van der Waals surface area (Å²) in [6.45, 7) is 0.663. The van der Waals surface area contributed by atoms with E-state index in [2.05, 4.69) is 10.6 Å². The number of nitrogens with zero attached hydrogens (tertiary/aromatic N) is 1. The minimum Gasteiger partial charge on any atom is -0.478 e. The largest absolute Gasteiger partial charge is 0.478 e. The number of nitrogens with one attached hydrogen (secondary N) is 2. The average Bonchev–Trinajstić information content (AvgIpc) is 2.62. The number of hydrogen-bond acceptors (Lipinski definition) is 4. The Hall–Kier alpha value is -2.86. The zero-order valence-corrected chi connectivity index (χ0v) is 14.9. The van der Waals surface area contributed by atoms with Crippen LogP contribution in [0.2, 0.25) is 0 Å². The van der Waals surface area contributed by atoms with Gasteiger partial charge in [0.15, 0.2) is 6.10 Å². The molecule has 0 bridgehead atoms. The molecule has 1 heterocycles. The van der Waals surface area contributed by atoms with Crippen LogP contribution in [-0.2, 0) is 9.59 Å². The van der Waals surface area contributed by atoms with E-state index in [1.165, 1.54) is 0 Å². The lowest BCUT2D eigenvalue weighted by Crippen LogP contribution is -2.42. The number of rotatable bonds is 6. The van der Waals surface area contributed by atoms with Gasteiger partial charge in [-0.3, -0.25) is 9.59 Å². The van der Waals surface area contributed by atoms with Crippen molar-refractivity contribution < 1.29 is 14.3 Å². The van der Waals surface area contributed by atoms with Crippen LogP contribution in [0.3, 0.4) is 0 Å². The second-order valence-electron chi connectivity index (χ2n) is 6.59. The maximum absolute atomic E-state index is 12.5. The molecule has 6 nitrogen and oxygen atoms in total. The van der Waals surface area contributed by atoms with E-state index in [0.717, 1.165) is 5.56 Å². The third-order valence-electron chi connectivity index (χ3n) is 4.16. The second-order valence-corrected chi connectivity index (χ2v) is 6.59. The fourth-order valence-electron chi connectivity index (χ4n) is 2.93. The molecule has 0 aromatic heterocycles. The molecule has 3 rings (SSSR count). The number of para-hydroxylation sites is 2. The Labute approximate surface area is 153 Å². The highest BCUT2D eigenvalue weighted by atomic mass is 16.5. The molecule has 2 N–H and O–H groups in total. The predicted molar refractivity (Wildman–Crippen MR) is 100.0 cm³/mol. The van der Waals surface area contributed by atoms with Gasteiger partial charge in [0.1, 0.15) is 5.75 Å². The van der Waals surface area contributed by atoms with Gasteiger partial charge in [0.2, 0.25) is 5.91 Å². The number of fused-ring (bicyclic) bond motifs is 1. The molecule has 0 saturated carbocycles. The number of anilines is 1. The Kier molecular flexibility index (Phi) is 5.53. The van der Waals surface area contributed by atoms with Crippen molar-refractivity contribution in [1.82, 2.24) is 10.2 Å². The van der Waals surface area contributed by atoms with Crippen molar-refractivity contribution in [2.24, 2.45) is 0 Å². The molecule has 0 spiro atoms. The number of ether oxygens (including phenoxy) is 1. The number of hydrogen-bond donors (Lipinski definition) is 2. The van der Waals surface area contributed by atoms with E-state index >= 15 is 0 Å². The average molecular weight is 353 g/mol. The van der Waals surface area contributed by atoms with Crippen LogP contribution in [0.5, 0.6) is 5.75 Å². The predicted octanol–water partition coefficient (Wildman–Crippen LogP) is 2.20. The second kappa shape index (κ2) is 8.01. The quantitative estimate of drug-likeness (QED) is 0.835. The van der Waals surface area contributed by atoms with Crippen molar-refractivity contribution in [3.8, 4) is 5.75 Å². The molecule has 0 saturated heterocycles. The van der Waals surface area contributed by atoms with E-state index in [1.807, 2.05) is 61.5 Å².